The molecule has 100 valence electrons. The van der Waals surface area contributed by atoms with Crippen LogP contribution in [0.1, 0.15) is 11.1 Å². The van der Waals surface area contributed by atoms with E-state index in [2.05, 4.69) is 15.9 Å². The van der Waals surface area contributed by atoms with Gasteiger partial charge < -0.3 is 9.94 Å². The van der Waals surface area contributed by atoms with Gasteiger partial charge in [-0.2, -0.15) is 5.23 Å². The Kier molecular flexibility index (Phi) is 4.55. The summed E-state index contributed by atoms with van der Waals surface area (Å²) in [5.41, 5.74) is 2.51. The van der Waals surface area contributed by atoms with E-state index in [-0.39, 0.29) is 0 Å². The van der Waals surface area contributed by atoms with Crippen LogP contribution in [0.3, 0.4) is 0 Å². The molecule has 0 radical (unpaired) electrons. The average Bonchev–Trinajstić information content (AvgIpc) is 2.39. The number of quaternary nitrogens is 1. The molecular weight excluding hydrogens is 310 g/mol. The minimum Gasteiger partial charge on any atom is -0.595 e. The molecule has 0 spiro atoms. The van der Waals surface area contributed by atoms with E-state index < -0.39 is 5.23 Å². The summed E-state index contributed by atoms with van der Waals surface area (Å²) in [6.07, 6.45) is 0.752. The molecule has 0 aliphatic heterocycles. The summed E-state index contributed by atoms with van der Waals surface area (Å²) >= 11 is 3.45. The molecule has 19 heavy (non-hydrogen) atoms. The zero-order valence-corrected chi connectivity index (χ0v) is 12.0. The van der Waals surface area contributed by atoms with E-state index >= 15 is 0 Å². The van der Waals surface area contributed by atoms with Crippen LogP contribution in [0.15, 0.2) is 46.9 Å². The maximum absolute atomic E-state index is 10.8. The minimum absolute atomic E-state index is 0.305. The third-order valence-corrected chi connectivity index (χ3v) is 3.45. The predicted octanol–water partition coefficient (Wildman–Crippen LogP) is 2.45. The van der Waals surface area contributed by atoms with Crippen LogP contribution in [0.2, 0.25) is 0 Å². The van der Waals surface area contributed by atoms with Gasteiger partial charge in [0.25, 0.3) is 0 Å². The normalized spacial score (nSPS) is 12.2. The van der Waals surface area contributed by atoms with Crippen LogP contribution in [0.5, 0.6) is 5.75 Å². The first kappa shape index (κ1) is 14.0. The van der Waals surface area contributed by atoms with Gasteiger partial charge in [-0.1, -0.05) is 18.2 Å². The van der Waals surface area contributed by atoms with Crippen molar-refractivity contribution in [2.75, 3.05) is 7.11 Å². The Morgan fingerprint density at radius 3 is 2.32 bits per heavy atom. The van der Waals surface area contributed by atoms with Crippen molar-refractivity contribution in [1.29, 1.82) is 0 Å². The van der Waals surface area contributed by atoms with Gasteiger partial charge in [-0.15, -0.1) is 0 Å². The van der Waals surface area contributed by atoms with Crippen molar-refractivity contribution >= 4 is 21.6 Å². The lowest BCUT2D eigenvalue weighted by Crippen LogP contribution is -2.99. The second-order valence-electron chi connectivity index (χ2n) is 4.15. The quantitative estimate of drug-likeness (QED) is 0.850. The second kappa shape index (κ2) is 6.16. The van der Waals surface area contributed by atoms with Crippen LogP contribution < -0.4 is 9.96 Å². The van der Waals surface area contributed by atoms with Crippen molar-refractivity contribution in [3.8, 4) is 5.75 Å². The summed E-state index contributed by atoms with van der Waals surface area (Å²) in [7, 11) is 1.63. The van der Waals surface area contributed by atoms with Crippen LogP contribution in [0.4, 0.5) is 5.69 Å². The van der Waals surface area contributed by atoms with Crippen molar-refractivity contribution in [2.24, 2.45) is 0 Å². The van der Waals surface area contributed by atoms with Gasteiger partial charge in [0.05, 0.1) is 11.6 Å². The molecule has 0 saturated heterocycles. The Balaban J connectivity index is 2.14. The number of rotatable bonds is 4. The predicted molar refractivity (Wildman–Crippen MR) is 75.7 cm³/mol. The van der Waals surface area contributed by atoms with E-state index in [4.69, 9.17) is 9.94 Å². The smallest absolute Gasteiger partial charge is 0.163 e. The number of hydrogen-bond acceptors (Lipinski definition) is 3. The van der Waals surface area contributed by atoms with Gasteiger partial charge in [0.1, 0.15) is 5.75 Å². The van der Waals surface area contributed by atoms with E-state index in [0.717, 1.165) is 27.8 Å². The number of benzene rings is 2. The zero-order valence-electron chi connectivity index (χ0n) is 10.4. The molecule has 2 aromatic carbocycles. The molecule has 0 bridgehead atoms. The fourth-order valence-electron chi connectivity index (χ4n) is 1.82. The first-order chi connectivity index (χ1) is 9.10. The van der Waals surface area contributed by atoms with Gasteiger partial charge in [0, 0.05) is 12.1 Å². The monoisotopic (exact) mass is 323 g/mol. The molecule has 5 heteroatoms. The van der Waals surface area contributed by atoms with E-state index in [0.29, 0.717) is 5.69 Å². The lowest BCUT2D eigenvalue weighted by Gasteiger charge is -2.12. The number of halogens is 1. The fraction of sp³-hybridized carbons (Fsp3) is 0.143. The summed E-state index contributed by atoms with van der Waals surface area (Å²) in [4.78, 5) is 0. The Labute approximate surface area is 119 Å². The van der Waals surface area contributed by atoms with Gasteiger partial charge >= 0.3 is 0 Å². The molecule has 1 atom stereocenters. The number of nitrogens with one attached hydrogen (secondary N) is 1. The standard InChI is InChI=1S/C14H14BrNO3/c1-19-14-7-4-11(9-13(14)15)8-10-2-5-12(6-3-10)16(17)18/h2-7,9,16-17H,8H2,1H3. The van der Waals surface area contributed by atoms with Crippen LogP contribution >= 0.6 is 15.9 Å². The minimum atomic E-state index is -0.904. The summed E-state index contributed by atoms with van der Waals surface area (Å²) < 4.78 is 6.09. The summed E-state index contributed by atoms with van der Waals surface area (Å²) in [6.45, 7) is 0. The topological polar surface area (TPSA) is 57.0 Å². The first-order valence-corrected chi connectivity index (χ1v) is 6.54. The molecule has 2 aromatic rings. The van der Waals surface area contributed by atoms with Crippen molar-refractivity contribution in [3.05, 3.63) is 63.3 Å². The summed E-state index contributed by atoms with van der Waals surface area (Å²) in [5, 5.41) is 18.7. The molecule has 1 unspecified atom stereocenters. The zero-order chi connectivity index (χ0) is 13.8. The second-order valence-corrected chi connectivity index (χ2v) is 5.00. The highest BCUT2D eigenvalue weighted by atomic mass is 79.9. The van der Waals surface area contributed by atoms with Gasteiger partial charge in [0.15, 0.2) is 5.69 Å². The Bertz CT molecular complexity index is 555. The van der Waals surface area contributed by atoms with E-state index in [9.17, 15) is 5.21 Å². The maximum Gasteiger partial charge on any atom is 0.163 e. The van der Waals surface area contributed by atoms with Crippen LogP contribution in [0, 0.1) is 5.21 Å². The molecular formula is C14H14BrNO3. The highest BCUT2D eigenvalue weighted by molar-refractivity contribution is 9.10. The summed E-state index contributed by atoms with van der Waals surface area (Å²) in [6, 6.07) is 12.8. The lowest BCUT2D eigenvalue weighted by molar-refractivity contribution is -0.991. The number of ether oxygens (including phenoxy) is 1. The molecule has 2 N–H and O–H groups in total. The van der Waals surface area contributed by atoms with Gasteiger partial charge in [0.2, 0.25) is 0 Å². The van der Waals surface area contributed by atoms with Crippen LogP contribution in [-0.4, -0.2) is 12.3 Å². The Morgan fingerprint density at radius 2 is 1.79 bits per heavy atom. The van der Waals surface area contributed by atoms with E-state index in [1.165, 1.54) is 0 Å². The number of hydrogen-bond donors (Lipinski definition) is 2. The molecule has 0 heterocycles. The molecule has 0 aliphatic carbocycles. The van der Waals surface area contributed by atoms with Crippen molar-refractivity contribution < 1.29 is 15.2 Å². The summed E-state index contributed by atoms with van der Waals surface area (Å²) in [5.74, 6) is 0.796. The molecule has 4 nitrogen and oxygen atoms in total. The van der Waals surface area contributed by atoms with Gasteiger partial charge in [-0.05, 0) is 45.6 Å². The fourth-order valence-corrected chi connectivity index (χ4v) is 2.41. The lowest BCUT2D eigenvalue weighted by atomic mass is 10.0. The molecule has 0 amide bonds. The van der Waals surface area contributed by atoms with Crippen molar-refractivity contribution in [3.63, 3.8) is 0 Å². The van der Waals surface area contributed by atoms with E-state index in [1.54, 1.807) is 19.2 Å². The largest absolute Gasteiger partial charge is 0.595 e. The molecule has 0 aliphatic rings. The van der Waals surface area contributed by atoms with Crippen LogP contribution in [-0.2, 0) is 6.42 Å². The highest BCUT2D eigenvalue weighted by Gasteiger charge is 2.04. The number of methoxy groups -OCH3 is 1. The maximum atomic E-state index is 10.8. The van der Waals surface area contributed by atoms with Gasteiger partial charge in [-0.3, -0.25) is 0 Å². The SMILES string of the molecule is COc1ccc(Cc2ccc([NH+]([O-])O)cc2)cc1Br. The molecule has 0 fully saturated rings. The third kappa shape index (κ3) is 3.54. The first-order valence-electron chi connectivity index (χ1n) is 5.75. The van der Waals surface area contributed by atoms with Crippen molar-refractivity contribution in [2.45, 2.75) is 6.42 Å². The Morgan fingerprint density at radius 1 is 1.16 bits per heavy atom. The molecule has 0 saturated carbocycles. The molecule has 0 aromatic heterocycles. The molecule has 2 rings (SSSR count). The Hall–Kier alpha value is -1.40. The third-order valence-electron chi connectivity index (χ3n) is 2.83. The van der Waals surface area contributed by atoms with Crippen molar-refractivity contribution in [1.82, 2.24) is 0 Å². The highest BCUT2D eigenvalue weighted by Crippen LogP contribution is 2.26. The van der Waals surface area contributed by atoms with E-state index in [1.807, 2.05) is 30.3 Å². The average molecular weight is 324 g/mol. The van der Waals surface area contributed by atoms with Crippen LogP contribution in [0.25, 0.3) is 0 Å². The van der Waals surface area contributed by atoms with Gasteiger partial charge in [-0.25, -0.2) is 5.21 Å².